The average molecular weight is 215 g/mol. The molecule has 1 saturated heterocycles. The number of rotatable bonds is 2. The first-order valence-electron chi connectivity index (χ1n) is 5.73. The minimum absolute atomic E-state index is 0.546. The van der Waals surface area contributed by atoms with Crippen LogP contribution in [0.5, 0.6) is 0 Å². The monoisotopic (exact) mass is 215 g/mol. The van der Waals surface area contributed by atoms with Crippen molar-refractivity contribution in [2.45, 2.75) is 18.9 Å². The minimum Gasteiger partial charge on any atom is -0.382 e. The Morgan fingerprint density at radius 3 is 2.81 bits per heavy atom. The predicted molar refractivity (Wildman–Crippen MR) is 65.3 cm³/mol. The van der Waals surface area contributed by atoms with Crippen molar-refractivity contribution in [3.8, 4) is 6.07 Å². The van der Waals surface area contributed by atoms with Gasteiger partial charge in [-0.05, 0) is 51.2 Å². The van der Waals surface area contributed by atoms with Crippen LogP contribution in [0.1, 0.15) is 18.4 Å². The van der Waals surface area contributed by atoms with E-state index in [0.717, 1.165) is 24.3 Å². The highest BCUT2D eigenvalue weighted by molar-refractivity contribution is 5.49. The molecule has 16 heavy (non-hydrogen) atoms. The molecular formula is C13H17N3. The van der Waals surface area contributed by atoms with Crippen LogP contribution in [0.3, 0.4) is 0 Å². The van der Waals surface area contributed by atoms with Gasteiger partial charge >= 0.3 is 0 Å². The molecule has 0 saturated carbocycles. The Kier molecular flexibility index (Phi) is 3.43. The Labute approximate surface area is 96.7 Å². The van der Waals surface area contributed by atoms with Gasteiger partial charge in [0.15, 0.2) is 0 Å². The lowest BCUT2D eigenvalue weighted by Crippen LogP contribution is -2.36. The van der Waals surface area contributed by atoms with E-state index < -0.39 is 0 Å². The molecule has 0 aromatic heterocycles. The fraction of sp³-hybridized carbons (Fsp3) is 0.462. The summed E-state index contributed by atoms with van der Waals surface area (Å²) in [5.74, 6) is 0. The molecule has 2 rings (SSSR count). The molecule has 1 heterocycles. The van der Waals surface area contributed by atoms with Crippen LogP contribution in [-0.2, 0) is 0 Å². The fourth-order valence-corrected chi connectivity index (χ4v) is 2.07. The van der Waals surface area contributed by atoms with E-state index in [2.05, 4.69) is 23.3 Å². The molecule has 3 nitrogen and oxygen atoms in total. The Hall–Kier alpha value is -1.53. The summed E-state index contributed by atoms with van der Waals surface area (Å²) in [6.45, 7) is 2.30. The number of hydrogen-bond donors (Lipinski definition) is 1. The number of nitrogens with one attached hydrogen (secondary N) is 1. The van der Waals surface area contributed by atoms with Crippen LogP contribution in [-0.4, -0.2) is 31.1 Å². The first-order chi connectivity index (χ1) is 7.78. The van der Waals surface area contributed by atoms with E-state index in [4.69, 9.17) is 5.26 Å². The maximum absolute atomic E-state index is 8.82. The maximum atomic E-state index is 8.82. The van der Waals surface area contributed by atoms with Crippen molar-refractivity contribution in [3.05, 3.63) is 29.8 Å². The molecule has 1 aromatic rings. The van der Waals surface area contributed by atoms with Gasteiger partial charge in [-0.15, -0.1) is 0 Å². The summed E-state index contributed by atoms with van der Waals surface area (Å²) >= 11 is 0. The van der Waals surface area contributed by atoms with Gasteiger partial charge in [-0.1, -0.05) is 6.07 Å². The third-order valence-corrected chi connectivity index (χ3v) is 3.08. The summed E-state index contributed by atoms with van der Waals surface area (Å²) in [5.41, 5.74) is 1.78. The number of hydrogen-bond acceptors (Lipinski definition) is 3. The Morgan fingerprint density at radius 1 is 1.38 bits per heavy atom. The summed E-state index contributed by atoms with van der Waals surface area (Å²) in [4.78, 5) is 2.35. The molecule has 0 aliphatic carbocycles. The minimum atomic E-state index is 0.546. The molecular weight excluding hydrogens is 198 g/mol. The van der Waals surface area contributed by atoms with E-state index in [0.29, 0.717) is 6.04 Å². The lowest BCUT2D eigenvalue weighted by molar-refractivity contribution is 0.264. The molecule has 1 aliphatic rings. The molecule has 3 heteroatoms. The molecule has 0 atom stereocenters. The average Bonchev–Trinajstić information content (AvgIpc) is 2.32. The molecule has 0 radical (unpaired) electrons. The van der Waals surface area contributed by atoms with Crippen LogP contribution >= 0.6 is 0 Å². The topological polar surface area (TPSA) is 39.1 Å². The standard InChI is InChI=1S/C13H17N3/c1-16-7-5-12(6-8-16)15-13-4-2-3-11(9-13)10-14/h2-4,9,12,15H,5-8H2,1H3. The lowest BCUT2D eigenvalue weighted by atomic mass is 10.0. The highest BCUT2D eigenvalue weighted by Gasteiger charge is 2.15. The van der Waals surface area contributed by atoms with Crippen LogP contribution in [0.2, 0.25) is 0 Å². The molecule has 1 aliphatic heterocycles. The van der Waals surface area contributed by atoms with Gasteiger partial charge < -0.3 is 10.2 Å². The Morgan fingerprint density at radius 2 is 2.12 bits per heavy atom. The van der Waals surface area contributed by atoms with Crippen molar-refractivity contribution in [2.75, 3.05) is 25.5 Å². The van der Waals surface area contributed by atoms with E-state index >= 15 is 0 Å². The second-order valence-corrected chi connectivity index (χ2v) is 4.41. The van der Waals surface area contributed by atoms with Crippen molar-refractivity contribution in [1.82, 2.24) is 4.90 Å². The van der Waals surface area contributed by atoms with E-state index in [1.165, 1.54) is 12.8 Å². The molecule has 0 amide bonds. The van der Waals surface area contributed by atoms with Crippen molar-refractivity contribution in [1.29, 1.82) is 5.26 Å². The SMILES string of the molecule is CN1CCC(Nc2cccc(C#N)c2)CC1. The van der Waals surface area contributed by atoms with Crippen LogP contribution in [0.4, 0.5) is 5.69 Å². The summed E-state index contributed by atoms with van der Waals surface area (Å²) in [7, 11) is 2.16. The van der Waals surface area contributed by atoms with Crippen molar-refractivity contribution >= 4 is 5.69 Å². The van der Waals surface area contributed by atoms with Crippen molar-refractivity contribution in [3.63, 3.8) is 0 Å². The second-order valence-electron chi connectivity index (χ2n) is 4.41. The van der Waals surface area contributed by atoms with E-state index in [1.54, 1.807) is 0 Å². The van der Waals surface area contributed by atoms with Gasteiger partial charge in [-0.25, -0.2) is 0 Å². The van der Waals surface area contributed by atoms with E-state index in [1.807, 2.05) is 24.3 Å². The van der Waals surface area contributed by atoms with Gasteiger partial charge in [-0.3, -0.25) is 0 Å². The third kappa shape index (κ3) is 2.74. The zero-order valence-electron chi connectivity index (χ0n) is 9.61. The van der Waals surface area contributed by atoms with Crippen LogP contribution in [0.15, 0.2) is 24.3 Å². The Balaban J connectivity index is 1.96. The molecule has 1 fully saturated rings. The number of nitriles is 1. The quantitative estimate of drug-likeness (QED) is 0.820. The van der Waals surface area contributed by atoms with Gasteiger partial charge in [0.05, 0.1) is 11.6 Å². The highest BCUT2D eigenvalue weighted by Crippen LogP contribution is 2.16. The first-order valence-corrected chi connectivity index (χ1v) is 5.73. The summed E-state index contributed by atoms with van der Waals surface area (Å²) < 4.78 is 0. The van der Waals surface area contributed by atoms with E-state index in [9.17, 15) is 0 Å². The largest absolute Gasteiger partial charge is 0.382 e. The zero-order chi connectivity index (χ0) is 11.4. The van der Waals surface area contributed by atoms with Crippen LogP contribution < -0.4 is 5.32 Å². The molecule has 1 aromatic carbocycles. The normalized spacial score (nSPS) is 18.0. The molecule has 0 bridgehead atoms. The maximum Gasteiger partial charge on any atom is 0.0992 e. The molecule has 0 spiro atoms. The van der Waals surface area contributed by atoms with Gasteiger partial charge in [0, 0.05) is 11.7 Å². The van der Waals surface area contributed by atoms with Crippen LogP contribution in [0, 0.1) is 11.3 Å². The van der Waals surface area contributed by atoms with Gasteiger partial charge in [-0.2, -0.15) is 5.26 Å². The predicted octanol–water partition coefficient (Wildman–Crippen LogP) is 2.06. The highest BCUT2D eigenvalue weighted by atomic mass is 15.1. The second kappa shape index (κ2) is 5.00. The van der Waals surface area contributed by atoms with Gasteiger partial charge in [0.25, 0.3) is 0 Å². The van der Waals surface area contributed by atoms with Gasteiger partial charge in [0.2, 0.25) is 0 Å². The summed E-state index contributed by atoms with van der Waals surface area (Å²) in [5, 5.41) is 12.3. The number of benzene rings is 1. The summed E-state index contributed by atoms with van der Waals surface area (Å²) in [6.07, 6.45) is 2.35. The van der Waals surface area contributed by atoms with E-state index in [-0.39, 0.29) is 0 Å². The number of anilines is 1. The molecule has 1 N–H and O–H groups in total. The number of nitrogens with zero attached hydrogens (tertiary/aromatic N) is 2. The fourth-order valence-electron chi connectivity index (χ4n) is 2.07. The van der Waals surface area contributed by atoms with Crippen molar-refractivity contribution in [2.24, 2.45) is 0 Å². The summed E-state index contributed by atoms with van der Waals surface area (Å²) in [6, 6.07) is 10.4. The van der Waals surface area contributed by atoms with Crippen LogP contribution in [0.25, 0.3) is 0 Å². The lowest BCUT2D eigenvalue weighted by Gasteiger charge is -2.30. The Bertz CT molecular complexity index is 386. The third-order valence-electron chi connectivity index (χ3n) is 3.08. The molecule has 0 unspecified atom stereocenters. The number of piperidine rings is 1. The van der Waals surface area contributed by atoms with Crippen molar-refractivity contribution < 1.29 is 0 Å². The number of likely N-dealkylation sites (tertiary alicyclic amines) is 1. The zero-order valence-corrected chi connectivity index (χ0v) is 9.61. The van der Waals surface area contributed by atoms with Gasteiger partial charge in [0.1, 0.15) is 0 Å². The smallest absolute Gasteiger partial charge is 0.0992 e. The first kappa shape index (κ1) is 11.0. The molecule has 84 valence electrons.